The van der Waals surface area contributed by atoms with E-state index in [1.54, 1.807) is 36.0 Å². The van der Waals surface area contributed by atoms with Crippen molar-refractivity contribution < 1.29 is 33.5 Å². The molecule has 0 spiro atoms. The third-order valence-corrected chi connectivity index (χ3v) is 11.9. The van der Waals surface area contributed by atoms with Crippen molar-refractivity contribution in [3.8, 4) is 0 Å². The summed E-state index contributed by atoms with van der Waals surface area (Å²) < 4.78 is 11.0. The summed E-state index contributed by atoms with van der Waals surface area (Å²) in [6.07, 6.45) is 6.37. The normalized spacial score (nSPS) is 17.1. The van der Waals surface area contributed by atoms with Crippen LogP contribution < -0.4 is 11.1 Å². The molecule has 1 fully saturated rings. The maximum Gasteiger partial charge on any atom is 0.358 e. The Kier molecular flexibility index (Phi) is 13.4. The van der Waals surface area contributed by atoms with Gasteiger partial charge < -0.3 is 25.4 Å². The van der Waals surface area contributed by atoms with Gasteiger partial charge in [-0.05, 0) is 29.5 Å². The minimum Gasteiger partial charge on any atom is -0.425 e. The van der Waals surface area contributed by atoms with E-state index in [1.807, 2.05) is 111 Å². The number of benzene rings is 3. The summed E-state index contributed by atoms with van der Waals surface area (Å²) in [5.41, 5.74) is 8.16. The summed E-state index contributed by atoms with van der Waals surface area (Å²) >= 11 is 2.48. The lowest BCUT2D eigenvalue weighted by molar-refractivity contribution is -0.184. The Morgan fingerprint density at radius 1 is 0.918 bits per heavy atom. The number of pyridine rings is 1. The number of esters is 2. The lowest BCUT2D eigenvalue weighted by Crippen LogP contribution is -2.71. The lowest BCUT2D eigenvalue weighted by atomic mass is 9.80. The summed E-state index contributed by atoms with van der Waals surface area (Å²) in [6.45, 7) is 5.43. The lowest BCUT2D eigenvalue weighted by Gasteiger charge is -2.49. The molecule has 0 bridgehead atoms. The number of oxime groups is 1. The molecular weight excluding hydrogens is 813 g/mol. The third kappa shape index (κ3) is 9.58. The van der Waals surface area contributed by atoms with Crippen LogP contribution in [-0.4, -0.2) is 67.8 Å². The second-order valence-electron chi connectivity index (χ2n) is 14.6. The van der Waals surface area contributed by atoms with Gasteiger partial charge in [-0.2, -0.15) is 0 Å². The number of hydrogen-bond donors (Lipinski definition) is 2. The summed E-state index contributed by atoms with van der Waals surface area (Å²) in [6, 6.07) is 31.2. The van der Waals surface area contributed by atoms with Gasteiger partial charge in [-0.3, -0.25) is 24.3 Å². The molecule has 312 valence electrons. The Morgan fingerprint density at radius 2 is 1.56 bits per heavy atom. The first kappa shape index (κ1) is 42.5. The van der Waals surface area contributed by atoms with Crippen LogP contribution in [0.3, 0.4) is 0 Å². The van der Waals surface area contributed by atoms with Crippen LogP contribution in [0.1, 0.15) is 61.6 Å². The van der Waals surface area contributed by atoms with Crippen LogP contribution in [0.4, 0.5) is 5.13 Å². The molecule has 3 aromatic carbocycles. The summed E-state index contributed by atoms with van der Waals surface area (Å²) in [5, 5.41) is 8.49. The molecular formula is C46H44N6O7S2. The number of hydrogen-bond acceptors (Lipinski definition) is 13. The van der Waals surface area contributed by atoms with Crippen molar-refractivity contribution in [3.05, 3.63) is 166 Å². The third-order valence-electron chi connectivity index (χ3n) is 9.93. The number of ether oxygens (including phenoxy) is 2. The summed E-state index contributed by atoms with van der Waals surface area (Å²) in [4.78, 5) is 71.4. The number of nitrogens with two attached hydrogens (primary N) is 1. The van der Waals surface area contributed by atoms with Crippen LogP contribution in [0.15, 0.2) is 143 Å². The van der Waals surface area contributed by atoms with Gasteiger partial charge in [0.05, 0.1) is 0 Å². The average molecular weight is 857 g/mol. The summed E-state index contributed by atoms with van der Waals surface area (Å²) in [5.74, 6) is -2.10. The number of fused-ring (bicyclic) bond motifs is 1. The van der Waals surface area contributed by atoms with Crippen LogP contribution in [0.2, 0.25) is 0 Å². The van der Waals surface area contributed by atoms with Gasteiger partial charge in [0.1, 0.15) is 22.8 Å². The van der Waals surface area contributed by atoms with Gasteiger partial charge in [-0.1, -0.05) is 128 Å². The molecule has 15 heteroatoms. The van der Waals surface area contributed by atoms with Crippen LogP contribution in [0.5, 0.6) is 0 Å². The number of carbonyl (C=O) groups excluding carboxylic acids is 4. The molecule has 0 radical (unpaired) electrons. The monoisotopic (exact) mass is 856 g/mol. The Morgan fingerprint density at radius 3 is 2.11 bits per heavy atom. The molecule has 3 atom stereocenters. The van der Waals surface area contributed by atoms with Crippen molar-refractivity contribution in [1.82, 2.24) is 20.2 Å². The molecule has 61 heavy (non-hydrogen) atoms. The molecule has 2 aliphatic rings. The molecule has 13 nitrogen and oxygen atoms in total. The molecule has 2 aromatic heterocycles. The maximum atomic E-state index is 14.4. The van der Waals surface area contributed by atoms with Gasteiger partial charge in [0.15, 0.2) is 10.8 Å². The number of β-lactam (4-membered cyclic amide) rings is 1. The second-order valence-corrected chi connectivity index (χ2v) is 16.6. The SMILES string of the molecule is CC(C)CCC(=O)OC(C)OC(=O)C1=C(/C=C\c2cccnc2)CS[C@H]2[C@H](NC(=O)C(=NOC(c3ccccc3)(c3ccccc3)c3ccccc3)c3csc(N)n3)C(=O)N12. The minimum atomic E-state index is -1.32. The number of allylic oxidation sites excluding steroid dienone is 1. The van der Waals surface area contributed by atoms with Gasteiger partial charge in [0.25, 0.3) is 11.8 Å². The number of aromatic nitrogens is 2. The molecule has 2 amide bonds. The smallest absolute Gasteiger partial charge is 0.358 e. The van der Waals surface area contributed by atoms with Crippen molar-refractivity contribution >= 4 is 63.8 Å². The highest BCUT2D eigenvalue weighted by molar-refractivity contribution is 8.00. The first-order valence-corrected chi connectivity index (χ1v) is 21.6. The first-order chi connectivity index (χ1) is 29.5. The quantitative estimate of drug-likeness (QED) is 0.0259. The van der Waals surface area contributed by atoms with Crippen molar-refractivity contribution in [3.63, 3.8) is 0 Å². The first-order valence-electron chi connectivity index (χ1n) is 19.7. The predicted molar refractivity (Wildman–Crippen MR) is 234 cm³/mol. The van der Waals surface area contributed by atoms with E-state index in [2.05, 4.69) is 20.4 Å². The molecule has 1 unspecified atom stereocenters. The zero-order valence-electron chi connectivity index (χ0n) is 33.7. The maximum absolute atomic E-state index is 14.4. The van der Waals surface area contributed by atoms with Gasteiger partial charge >= 0.3 is 11.9 Å². The fourth-order valence-corrected chi connectivity index (χ4v) is 8.78. The number of thioether (sulfide) groups is 1. The van der Waals surface area contributed by atoms with E-state index in [0.717, 1.165) is 33.6 Å². The zero-order valence-corrected chi connectivity index (χ0v) is 35.3. The van der Waals surface area contributed by atoms with Crippen LogP contribution in [-0.2, 0) is 39.1 Å². The summed E-state index contributed by atoms with van der Waals surface area (Å²) in [7, 11) is 0. The topological polar surface area (TPSA) is 175 Å². The van der Waals surface area contributed by atoms with Gasteiger partial charge in [-0.15, -0.1) is 23.1 Å². The standard InChI is InChI=1S/C46H44N6O7S2/c1-29(2)21-24-37(53)57-30(3)58-44(56)40-32(23-22-31-14-13-25-48-26-31)27-60-43-39(42(55)52(40)43)50-41(54)38(36-28-61-45(47)49-36)51-59-46(33-15-7-4-8-16-33,34-17-9-5-10-18-34)35-19-11-6-12-20-35/h4-20,22-23,25-26,28-30,39,43H,21,24,27H2,1-3H3,(H2,47,49)(H,50,54)/b23-22-,51-38?/t30?,39-,43+/m1/s1. The van der Waals surface area contributed by atoms with Crippen molar-refractivity contribution in [2.24, 2.45) is 11.1 Å². The largest absolute Gasteiger partial charge is 0.425 e. The minimum absolute atomic E-state index is 0.0210. The van der Waals surface area contributed by atoms with E-state index in [-0.39, 0.29) is 40.3 Å². The van der Waals surface area contributed by atoms with Crippen LogP contribution >= 0.6 is 23.1 Å². The Bertz CT molecular complexity index is 2350. The number of anilines is 1. The predicted octanol–water partition coefficient (Wildman–Crippen LogP) is 7.07. The van der Waals surface area contributed by atoms with Crippen molar-refractivity contribution in [1.29, 1.82) is 0 Å². The molecule has 3 N–H and O–H groups in total. The van der Waals surface area contributed by atoms with E-state index >= 15 is 0 Å². The highest BCUT2D eigenvalue weighted by Gasteiger charge is 2.55. The van der Waals surface area contributed by atoms with Crippen LogP contribution in [0, 0.1) is 5.92 Å². The van der Waals surface area contributed by atoms with Crippen LogP contribution in [0.25, 0.3) is 6.08 Å². The molecule has 5 aromatic rings. The van der Waals surface area contributed by atoms with Gasteiger partial charge in [0, 0.05) is 53.6 Å². The Labute approximate surface area is 361 Å². The number of carbonyl (C=O) groups is 4. The highest BCUT2D eigenvalue weighted by Crippen LogP contribution is 2.43. The fraction of sp³-hybridized carbons (Fsp3) is 0.239. The number of nitrogens with one attached hydrogen (secondary N) is 1. The molecule has 4 heterocycles. The zero-order chi connectivity index (χ0) is 42.9. The van der Waals surface area contributed by atoms with E-state index in [4.69, 9.17) is 20.0 Å². The fourth-order valence-electron chi connectivity index (χ4n) is 6.91. The second kappa shape index (κ2) is 19.2. The molecule has 2 aliphatic heterocycles. The highest BCUT2D eigenvalue weighted by atomic mass is 32.2. The van der Waals surface area contributed by atoms with Gasteiger partial charge in [0.2, 0.25) is 11.9 Å². The Hall–Kier alpha value is -6.58. The number of amides is 2. The molecule has 0 aliphatic carbocycles. The van der Waals surface area contributed by atoms with E-state index in [1.165, 1.54) is 23.6 Å². The van der Waals surface area contributed by atoms with Gasteiger partial charge in [-0.25, -0.2) is 9.78 Å². The number of nitrogen functional groups attached to an aromatic ring is 1. The number of rotatable bonds is 16. The number of nitrogens with zero attached hydrogens (tertiary/aromatic N) is 4. The van der Waals surface area contributed by atoms with E-state index < -0.39 is 47.1 Å². The molecule has 0 saturated carbocycles. The van der Waals surface area contributed by atoms with Crippen molar-refractivity contribution in [2.75, 3.05) is 11.5 Å². The molecule has 1 saturated heterocycles. The molecule has 7 rings (SSSR count). The Balaban J connectivity index is 1.19. The van der Waals surface area contributed by atoms with E-state index in [0.29, 0.717) is 12.0 Å². The number of thiazole rings is 1. The average Bonchev–Trinajstić information content (AvgIpc) is 3.71. The van der Waals surface area contributed by atoms with E-state index in [9.17, 15) is 19.2 Å². The van der Waals surface area contributed by atoms with Crippen molar-refractivity contribution in [2.45, 2.75) is 56.9 Å².